The summed E-state index contributed by atoms with van der Waals surface area (Å²) in [4.78, 5) is 18.8. The molecule has 0 radical (unpaired) electrons. The van der Waals surface area contributed by atoms with E-state index >= 15 is 0 Å². The average Bonchev–Trinajstić information content (AvgIpc) is 2.84. The van der Waals surface area contributed by atoms with Gasteiger partial charge < -0.3 is 10.1 Å². The molecule has 0 aliphatic heterocycles. The topological polar surface area (TPSA) is 66.0 Å². The van der Waals surface area contributed by atoms with Crippen LogP contribution in [-0.4, -0.2) is 21.0 Å². The Bertz CT molecular complexity index is 835. The lowest BCUT2D eigenvalue weighted by Gasteiger charge is -2.05. The van der Waals surface area contributed by atoms with Gasteiger partial charge in [-0.25, -0.2) is 0 Å². The first-order valence-corrected chi connectivity index (χ1v) is 7.31. The molecule has 4 nitrogen and oxygen atoms in total. The SMILES string of the molecule is Cc1cc(C)c2c(CCC(=O)O)c(-c3ccccn3)[nH]c2c1. The van der Waals surface area contributed by atoms with E-state index in [-0.39, 0.29) is 6.42 Å². The molecule has 2 N–H and O–H groups in total. The van der Waals surface area contributed by atoms with Crippen molar-refractivity contribution in [1.29, 1.82) is 0 Å². The molecule has 0 unspecified atom stereocenters. The van der Waals surface area contributed by atoms with E-state index in [1.165, 1.54) is 5.56 Å². The molecule has 0 atom stereocenters. The van der Waals surface area contributed by atoms with Crippen molar-refractivity contribution < 1.29 is 9.90 Å². The van der Waals surface area contributed by atoms with E-state index < -0.39 is 5.97 Å². The highest BCUT2D eigenvalue weighted by Crippen LogP contribution is 2.33. The highest BCUT2D eigenvalue weighted by molar-refractivity contribution is 5.93. The number of carboxylic acids is 1. The molecule has 112 valence electrons. The van der Waals surface area contributed by atoms with E-state index in [0.29, 0.717) is 6.42 Å². The minimum absolute atomic E-state index is 0.111. The zero-order valence-electron chi connectivity index (χ0n) is 12.7. The molecule has 0 saturated heterocycles. The van der Waals surface area contributed by atoms with E-state index in [1.807, 2.05) is 18.2 Å². The van der Waals surface area contributed by atoms with Crippen molar-refractivity contribution in [2.24, 2.45) is 0 Å². The second-order valence-corrected chi connectivity index (χ2v) is 5.59. The van der Waals surface area contributed by atoms with Gasteiger partial charge in [0.25, 0.3) is 0 Å². The summed E-state index contributed by atoms with van der Waals surface area (Å²) < 4.78 is 0. The number of fused-ring (bicyclic) bond motifs is 1. The minimum atomic E-state index is -0.786. The highest BCUT2D eigenvalue weighted by Gasteiger charge is 2.16. The fourth-order valence-electron chi connectivity index (χ4n) is 3.01. The molecule has 1 aromatic carbocycles. The van der Waals surface area contributed by atoms with Gasteiger partial charge in [-0.2, -0.15) is 0 Å². The second-order valence-electron chi connectivity index (χ2n) is 5.59. The largest absolute Gasteiger partial charge is 0.481 e. The van der Waals surface area contributed by atoms with Gasteiger partial charge in [-0.1, -0.05) is 12.1 Å². The number of hydrogen-bond acceptors (Lipinski definition) is 2. The Hall–Kier alpha value is -2.62. The fourth-order valence-corrected chi connectivity index (χ4v) is 3.01. The molecule has 0 bridgehead atoms. The van der Waals surface area contributed by atoms with Gasteiger partial charge in [-0.3, -0.25) is 9.78 Å². The van der Waals surface area contributed by atoms with Crippen molar-refractivity contribution >= 4 is 16.9 Å². The van der Waals surface area contributed by atoms with Crippen molar-refractivity contribution in [2.45, 2.75) is 26.7 Å². The molecular formula is C18H18N2O2. The number of pyridine rings is 1. The van der Waals surface area contributed by atoms with Crippen molar-refractivity contribution in [3.05, 3.63) is 53.2 Å². The lowest BCUT2D eigenvalue weighted by molar-refractivity contribution is -0.136. The first kappa shape index (κ1) is 14.3. The van der Waals surface area contributed by atoms with E-state index in [1.54, 1.807) is 6.20 Å². The molecule has 4 heteroatoms. The summed E-state index contributed by atoms with van der Waals surface area (Å²) in [5.74, 6) is -0.786. The maximum atomic E-state index is 11.0. The number of nitrogens with one attached hydrogen (secondary N) is 1. The van der Waals surface area contributed by atoms with E-state index in [9.17, 15) is 4.79 Å². The average molecular weight is 294 g/mol. The first-order valence-electron chi connectivity index (χ1n) is 7.31. The monoisotopic (exact) mass is 294 g/mol. The summed E-state index contributed by atoms with van der Waals surface area (Å²) in [6.07, 6.45) is 2.35. The van der Waals surface area contributed by atoms with Gasteiger partial charge in [0, 0.05) is 23.5 Å². The van der Waals surface area contributed by atoms with Crippen LogP contribution >= 0.6 is 0 Å². The van der Waals surface area contributed by atoms with Gasteiger partial charge in [-0.05, 0) is 55.2 Å². The Morgan fingerprint density at radius 3 is 2.77 bits per heavy atom. The molecule has 0 aliphatic rings. The van der Waals surface area contributed by atoms with Crippen molar-refractivity contribution in [2.75, 3.05) is 0 Å². The lowest BCUT2D eigenvalue weighted by atomic mass is 9.99. The second kappa shape index (κ2) is 5.64. The van der Waals surface area contributed by atoms with Crippen LogP contribution < -0.4 is 0 Å². The van der Waals surface area contributed by atoms with Gasteiger partial charge in [0.15, 0.2) is 0 Å². The maximum Gasteiger partial charge on any atom is 0.303 e. The number of aromatic amines is 1. The molecule has 3 rings (SSSR count). The highest BCUT2D eigenvalue weighted by atomic mass is 16.4. The van der Waals surface area contributed by atoms with Crippen LogP contribution in [0.15, 0.2) is 36.5 Å². The summed E-state index contributed by atoms with van der Waals surface area (Å²) in [5.41, 5.74) is 6.19. The summed E-state index contributed by atoms with van der Waals surface area (Å²) in [6.45, 7) is 4.13. The fraction of sp³-hybridized carbons (Fsp3) is 0.222. The van der Waals surface area contributed by atoms with Gasteiger partial charge in [0.05, 0.1) is 11.4 Å². The molecule has 2 aromatic heterocycles. The first-order chi connectivity index (χ1) is 10.6. The van der Waals surface area contributed by atoms with Gasteiger partial charge in [0.1, 0.15) is 0 Å². The zero-order chi connectivity index (χ0) is 15.7. The molecule has 22 heavy (non-hydrogen) atoms. The smallest absolute Gasteiger partial charge is 0.303 e. The summed E-state index contributed by atoms with van der Waals surface area (Å²) in [6, 6.07) is 9.98. The third-order valence-corrected chi connectivity index (χ3v) is 3.85. The van der Waals surface area contributed by atoms with Crippen LogP contribution in [0, 0.1) is 13.8 Å². The van der Waals surface area contributed by atoms with E-state index in [2.05, 4.69) is 35.9 Å². The summed E-state index contributed by atoms with van der Waals surface area (Å²) in [5, 5.41) is 10.2. The number of nitrogens with zero attached hydrogens (tertiary/aromatic N) is 1. The van der Waals surface area contributed by atoms with Crippen LogP contribution in [0.3, 0.4) is 0 Å². The molecule has 2 heterocycles. The van der Waals surface area contributed by atoms with Crippen LogP contribution in [-0.2, 0) is 11.2 Å². The number of carboxylic acid groups (broad SMARTS) is 1. The number of aryl methyl sites for hydroxylation is 3. The number of aromatic nitrogens is 2. The zero-order valence-corrected chi connectivity index (χ0v) is 12.7. The number of H-pyrrole nitrogens is 1. The van der Waals surface area contributed by atoms with Crippen molar-refractivity contribution in [3.63, 3.8) is 0 Å². The number of carbonyl (C=O) groups is 1. The maximum absolute atomic E-state index is 11.0. The van der Waals surface area contributed by atoms with Gasteiger partial charge in [0.2, 0.25) is 0 Å². The van der Waals surface area contributed by atoms with Crippen molar-refractivity contribution in [1.82, 2.24) is 9.97 Å². The number of hydrogen-bond donors (Lipinski definition) is 2. The Balaban J connectivity index is 2.24. The minimum Gasteiger partial charge on any atom is -0.481 e. The molecule has 3 aromatic rings. The van der Waals surface area contributed by atoms with Crippen LogP contribution in [0.5, 0.6) is 0 Å². The molecule has 0 amide bonds. The van der Waals surface area contributed by atoms with Crippen LogP contribution in [0.1, 0.15) is 23.1 Å². The number of rotatable bonds is 4. The van der Waals surface area contributed by atoms with Gasteiger partial charge in [-0.15, -0.1) is 0 Å². The van der Waals surface area contributed by atoms with E-state index in [4.69, 9.17) is 5.11 Å². The number of aliphatic carboxylic acids is 1. The van der Waals surface area contributed by atoms with E-state index in [0.717, 1.165) is 33.4 Å². The molecule has 0 aliphatic carbocycles. The van der Waals surface area contributed by atoms with Crippen LogP contribution in [0.25, 0.3) is 22.3 Å². The standard InChI is InChI=1S/C18H18N2O2/c1-11-9-12(2)17-13(6-7-16(21)22)18(20-15(17)10-11)14-5-3-4-8-19-14/h3-5,8-10,20H,6-7H2,1-2H3,(H,21,22). The normalized spacial score (nSPS) is 11.0. The predicted molar refractivity (Wildman–Crippen MR) is 87.0 cm³/mol. The Morgan fingerprint density at radius 1 is 1.27 bits per heavy atom. The Kier molecular flexibility index (Phi) is 3.67. The Labute approximate surface area is 128 Å². The molecule has 0 fully saturated rings. The van der Waals surface area contributed by atoms with Crippen LogP contribution in [0.2, 0.25) is 0 Å². The molecule has 0 spiro atoms. The summed E-state index contributed by atoms with van der Waals surface area (Å²) in [7, 11) is 0. The predicted octanol–water partition coefficient (Wildman–Crippen LogP) is 3.86. The summed E-state index contributed by atoms with van der Waals surface area (Å²) >= 11 is 0. The quantitative estimate of drug-likeness (QED) is 0.767. The lowest BCUT2D eigenvalue weighted by Crippen LogP contribution is -1.99. The number of benzene rings is 1. The third kappa shape index (κ3) is 2.60. The van der Waals surface area contributed by atoms with Gasteiger partial charge >= 0.3 is 5.97 Å². The van der Waals surface area contributed by atoms with Crippen LogP contribution in [0.4, 0.5) is 0 Å². The van der Waals surface area contributed by atoms with Crippen molar-refractivity contribution in [3.8, 4) is 11.4 Å². The molecular weight excluding hydrogens is 276 g/mol. The Morgan fingerprint density at radius 2 is 2.09 bits per heavy atom. The molecule has 0 saturated carbocycles. The third-order valence-electron chi connectivity index (χ3n) is 3.85.